The third-order valence-electron chi connectivity index (χ3n) is 7.78. The first-order valence-corrected chi connectivity index (χ1v) is 16.5. The quantitative estimate of drug-likeness (QED) is 0.0992. The van der Waals surface area contributed by atoms with Crippen molar-refractivity contribution in [3.8, 4) is 16.9 Å². The lowest BCUT2D eigenvalue weighted by Crippen LogP contribution is -2.57. The fraction of sp³-hybridized carbons (Fsp3) is 0.571. The molecular formula is C35H50N2O10. The number of aliphatic hydroxyl groups excluding tert-OH is 3. The maximum Gasteiger partial charge on any atom is 0.258 e. The Labute approximate surface area is 276 Å². The maximum absolute atomic E-state index is 12.6. The van der Waals surface area contributed by atoms with Gasteiger partial charge in [-0.3, -0.25) is 14.4 Å². The summed E-state index contributed by atoms with van der Waals surface area (Å²) in [5.41, 5.74) is 2.62. The van der Waals surface area contributed by atoms with Crippen molar-refractivity contribution in [2.24, 2.45) is 0 Å². The average molecular weight is 659 g/mol. The number of unbranched alkanes of at least 4 members (excludes halogenated alkanes) is 3. The minimum Gasteiger partial charge on any atom is -0.484 e. The second kappa shape index (κ2) is 20.8. The average Bonchev–Trinajstić information content (AvgIpc) is 3.08. The lowest BCUT2D eigenvalue weighted by atomic mass is 9.99. The summed E-state index contributed by atoms with van der Waals surface area (Å²) >= 11 is 0. The summed E-state index contributed by atoms with van der Waals surface area (Å²) in [6.07, 6.45) is -0.293. The molecule has 5 unspecified atom stereocenters. The zero-order chi connectivity index (χ0) is 34.0. The number of ketones is 1. The summed E-state index contributed by atoms with van der Waals surface area (Å²) in [5.74, 6) is 0.236. The van der Waals surface area contributed by atoms with Crippen molar-refractivity contribution in [2.45, 2.75) is 89.5 Å². The standard InChI is InChI=1S/C35H50N2O10/c1-3-4-5-6-11-29(38)27-10-7-9-26(22-27)25-13-15-28(16-14-25)46-23-31(40)37-18-21-44-20-17-36-30(39)12-8-19-45-35-34(43)33(42)32(41)24(2)47-35/h7,9-10,13-16,22,24,32-35,41-43H,3-6,8,11-12,17-21,23H2,1-2H3,(H,36,39)(H,37,40). The Hall–Kier alpha value is -3.39. The molecule has 12 nitrogen and oxygen atoms in total. The summed E-state index contributed by atoms with van der Waals surface area (Å²) in [6, 6.07) is 15.0. The van der Waals surface area contributed by atoms with Crippen molar-refractivity contribution in [1.29, 1.82) is 0 Å². The highest BCUT2D eigenvalue weighted by Gasteiger charge is 2.42. The minimum absolute atomic E-state index is 0.132. The van der Waals surface area contributed by atoms with E-state index in [0.717, 1.165) is 42.4 Å². The second-order valence-electron chi connectivity index (χ2n) is 11.6. The van der Waals surface area contributed by atoms with Gasteiger partial charge in [-0.25, -0.2) is 0 Å². The summed E-state index contributed by atoms with van der Waals surface area (Å²) in [7, 11) is 0. The number of benzene rings is 2. The predicted octanol–water partition coefficient (Wildman–Crippen LogP) is 2.76. The minimum atomic E-state index is -1.37. The van der Waals surface area contributed by atoms with E-state index in [1.165, 1.54) is 0 Å². The molecule has 12 heteroatoms. The van der Waals surface area contributed by atoms with Crippen LogP contribution in [0.3, 0.4) is 0 Å². The van der Waals surface area contributed by atoms with Crippen LogP contribution in [-0.4, -0.2) is 103 Å². The van der Waals surface area contributed by atoms with Crippen molar-refractivity contribution in [3.63, 3.8) is 0 Å². The molecule has 2 aromatic rings. The largest absolute Gasteiger partial charge is 0.484 e. The van der Waals surface area contributed by atoms with Gasteiger partial charge in [0.2, 0.25) is 5.91 Å². The van der Waals surface area contributed by atoms with Gasteiger partial charge < -0.3 is 44.9 Å². The topological polar surface area (TPSA) is 173 Å². The van der Waals surface area contributed by atoms with Gasteiger partial charge in [0.25, 0.3) is 5.91 Å². The molecule has 1 heterocycles. The van der Waals surface area contributed by atoms with E-state index in [2.05, 4.69) is 17.6 Å². The Morgan fingerprint density at radius 1 is 0.787 bits per heavy atom. The van der Waals surface area contributed by atoms with Crippen LogP contribution < -0.4 is 15.4 Å². The Bertz CT molecular complexity index is 1240. The molecule has 47 heavy (non-hydrogen) atoms. The fourth-order valence-corrected chi connectivity index (χ4v) is 4.97. The van der Waals surface area contributed by atoms with Crippen molar-refractivity contribution in [3.05, 3.63) is 54.1 Å². The van der Waals surface area contributed by atoms with Crippen LogP contribution >= 0.6 is 0 Å². The lowest BCUT2D eigenvalue weighted by Gasteiger charge is -2.38. The number of amides is 2. The van der Waals surface area contributed by atoms with Gasteiger partial charge in [0.15, 0.2) is 18.7 Å². The van der Waals surface area contributed by atoms with Gasteiger partial charge in [0.1, 0.15) is 24.1 Å². The first kappa shape index (κ1) is 38.1. The number of rotatable bonds is 21. The zero-order valence-electron chi connectivity index (χ0n) is 27.4. The third kappa shape index (κ3) is 13.3. The lowest BCUT2D eigenvalue weighted by molar-refractivity contribution is -0.293. The van der Waals surface area contributed by atoms with E-state index < -0.39 is 30.7 Å². The van der Waals surface area contributed by atoms with Crippen LogP contribution in [-0.2, 0) is 23.8 Å². The smallest absolute Gasteiger partial charge is 0.258 e. The highest BCUT2D eigenvalue weighted by molar-refractivity contribution is 5.97. The summed E-state index contributed by atoms with van der Waals surface area (Å²) < 4.78 is 21.8. The van der Waals surface area contributed by atoms with Gasteiger partial charge in [0, 0.05) is 31.5 Å². The van der Waals surface area contributed by atoms with Crippen molar-refractivity contribution < 1.29 is 48.7 Å². The zero-order valence-corrected chi connectivity index (χ0v) is 27.4. The molecule has 3 rings (SSSR count). The molecule has 1 saturated heterocycles. The van der Waals surface area contributed by atoms with E-state index >= 15 is 0 Å². The molecule has 0 aromatic heterocycles. The van der Waals surface area contributed by atoms with E-state index in [-0.39, 0.29) is 50.4 Å². The molecule has 1 aliphatic heterocycles. The van der Waals surface area contributed by atoms with Gasteiger partial charge in [-0.15, -0.1) is 0 Å². The molecular weight excluding hydrogens is 608 g/mol. The van der Waals surface area contributed by atoms with Crippen LogP contribution in [0.5, 0.6) is 5.75 Å². The molecule has 0 saturated carbocycles. The first-order valence-electron chi connectivity index (χ1n) is 16.5. The first-order chi connectivity index (χ1) is 22.7. The number of carbonyl (C=O) groups excluding carboxylic acids is 3. The van der Waals surface area contributed by atoms with Gasteiger partial charge in [0.05, 0.1) is 25.9 Å². The van der Waals surface area contributed by atoms with Crippen LogP contribution in [0.1, 0.15) is 69.2 Å². The number of hydrogen-bond donors (Lipinski definition) is 5. The third-order valence-corrected chi connectivity index (χ3v) is 7.78. The second-order valence-corrected chi connectivity index (χ2v) is 11.6. The molecule has 2 aromatic carbocycles. The normalized spacial score (nSPS) is 20.8. The SMILES string of the molecule is CCCCCCC(=O)c1cccc(-c2ccc(OCC(=O)NCCOCCNC(=O)CCCOC3OC(C)C(O)C(O)C3O)cc2)c1. The number of nitrogens with one attached hydrogen (secondary N) is 2. The van der Waals surface area contributed by atoms with Crippen LogP contribution in [0.2, 0.25) is 0 Å². The number of Topliss-reactive ketones (excluding diaryl/α,β-unsaturated/α-hetero) is 1. The van der Waals surface area contributed by atoms with E-state index in [9.17, 15) is 29.7 Å². The van der Waals surface area contributed by atoms with Gasteiger partial charge in [-0.05, 0) is 49.1 Å². The van der Waals surface area contributed by atoms with E-state index in [1.807, 2.05) is 36.4 Å². The highest BCUT2D eigenvalue weighted by Crippen LogP contribution is 2.24. The molecule has 0 aliphatic carbocycles. The molecule has 260 valence electrons. The molecule has 0 radical (unpaired) electrons. The molecule has 2 amide bonds. The number of carbonyl (C=O) groups is 3. The van der Waals surface area contributed by atoms with Gasteiger partial charge in [-0.1, -0.05) is 56.5 Å². The maximum atomic E-state index is 12.6. The Morgan fingerprint density at radius 3 is 2.23 bits per heavy atom. The molecule has 0 spiro atoms. The van der Waals surface area contributed by atoms with Crippen LogP contribution in [0.15, 0.2) is 48.5 Å². The van der Waals surface area contributed by atoms with E-state index in [4.69, 9.17) is 18.9 Å². The summed E-state index contributed by atoms with van der Waals surface area (Å²) in [5, 5.41) is 34.9. The molecule has 1 fully saturated rings. The van der Waals surface area contributed by atoms with Gasteiger partial charge in [-0.2, -0.15) is 0 Å². The Morgan fingerprint density at radius 2 is 1.51 bits per heavy atom. The van der Waals surface area contributed by atoms with Crippen molar-refractivity contribution in [1.82, 2.24) is 10.6 Å². The van der Waals surface area contributed by atoms with Crippen LogP contribution in [0.25, 0.3) is 11.1 Å². The van der Waals surface area contributed by atoms with Crippen LogP contribution in [0, 0.1) is 0 Å². The fourth-order valence-electron chi connectivity index (χ4n) is 4.97. The molecule has 0 bridgehead atoms. The predicted molar refractivity (Wildman–Crippen MR) is 175 cm³/mol. The molecule has 1 aliphatic rings. The van der Waals surface area contributed by atoms with E-state index in [0.29, 0.717) is 31.7 Å². The van der Waals surface area contributed by atoms with Gasteiger partial charge >= 0.3 is 0 Å². The van der Waals surface area contributed by atoms with Crippen molar-refractivity contribution in [2.75, 3.05) is 39.5 Å². The molecule has 5 N–H and O–H groups in total. The number of ether oxygens (including phenoxy) is 4. The Balaban J connectivity index is 1.21. The van der Waals surface area contributed by atoms with E-state index in [1.54, 1.807) is 19.1 Å². The summed E-state index contributed by atoms with van der Waals surface area (Å²) in [4.78, 5) is 36.7. The Kier molecular flexibility index (Phi) is 16.8. The number of aliphatic hydroxyl groups is 3. The summed E-state index contributed by atoms with van der Waals surface area (Å²) in [6.45, 7) is 4.85. The molecule has 5 atom stereocenters. The highest BCUT2D eigenvalue weighted by atomic mass is 16.7. The van der Waals surface area contributed by atoms with Crippen molar-refractivity contribution >= 4 is 17.6 Å². The monoisotopic (exact) mass is 658 g/mol. The number of hydrogen-bond acceptors (Lipinski definition) is 10. The van der Waals surface area contributed by atoms with Crippen LogP contribution in [0.4, 0.5) is 0 Å².